The maximum absolute atomic E-state index is 11.2. The number of nitrogens with zero attached hydrogens (tertiary/aromatic N) is 1. The van der Waals surface area contributed by atoms with Gasteiger partial charge in [-0.25, -0.2) is 13.6 Å². The molecular weight excluding hydrogens is 286 g/mol. The molecule has 19 heavy (non-hydrogen) atoms. The summed E-state index contributed by atoms with van der Waals surface area (Å²) >= 11 is 0. The fourth-order valence-electron chi connectivity index (χ4n) is 3.30. The highest BCUT2D eigenvalue weighted by molar-refractivity contribution is 7.89. The van der Waals surface area contributed by atoms with Crippen molar-refractivity contribution in [3.63, 3.8) is 0 Å². The first-order valence-corrected chi connectivity index (χ1v) is 8.51. The minimum Gasteiger partial charge on any atom is -0.316 e. The molecular formula is C12H26ClN3O2S. The summed E-state index contributed by atoms with van der Waals surface area (Å²) < 4.78 is 22.3. The van der Waals surface area contributed by atoms with Gasteiger partial charge >= 0.3 is 0 Å². The highest BCUT2D eigenvalue weighted by Gasteiger charge is 2.32. The van der Waals surface area contributed by atoms with E-state index >= 15 is 0 Å². The Morgan fingerprint density at radius 3 is 2.79 bits per heavy atom. The van der Waals surface area contributed by atoms with Crippen LogP contribution >= 0.6 is 12.4 Å². The van der Waals surface area contributed by atoms with E-state index in [4.69, 9.17) is 5.14 Å². The van der Waals surface area contributed by atoms with Gasteiger partial charge in [-0.1, -0.05) is 6.92 Å². The van der Waals surface area contributed by atoms with Crippen LogP contribution in [0.3, 0.4) is 0 Å². The van der Waals surface area contributed by atoms with Gasteiger partial charge in [0.15, 0.2) is 0 Å². The molecule has 7 heteroatoms. The standard InChI is InChI=1S/C12H25N3O2S.ClH/c1-12(4-5-14-9-12)10-15-6-2-3-11(7-15)8-18(13,16)17;/h11,14H,2-10H2,1H3,(H2,13,16,17);1H. The summed E-state index contributed by atoms with van der Waals surface area (Å²) in [4.78, 5) is 2.42. The lowest BCUT2D eigenvalue weighted by atomic mass is 9.87. The van der Waals surface area contributed by atoms with Crippen LogP contribution in [0.15, 0.2) is 0 Å². The van der Waals surface area contributed by atoms with E-state index in [0.29, 0.717) is 5.41 Å². The van der Waals surface area contributed by atoms with Crippen molar-refractivity contribution >= 4 is 22.4 Å². The number of primary sulfonamides is 1. The number of hydrogen-bond donors (Lipinski definition) is 2. The Morgan fingerprint density at radius 1 is 1.47 bits per heavy atom. The molecule has 3 N–H and O–H groups in total. The molecule has 0 aliphatic carbocycles. The monoisotopic (exact) mass is 311 g/mol. The van der Waals surface area contributed by atoms with Gasteiger partial charge in [-0.05, 0) is 43.7 Å². The van der Waals surface area contributed by atoms with Crippen LogP contribution < -0.4 is 10.5 Å². The van der Waals surface area contributed by atoms with Crippen molar-refractivity contribution in [2.24, 2.45) is 16.5 Å². The van der Waals surface area contributed by atoms with Gasteiger partial charge in [0, 0.05) is 19.6 Å². The van der Waals surface area contributed by atoms with Crippen molar-refractivity contribution < 1.29 is 8.42 Å². The molecule has 114 valence electrons. The zero-order valence-corrected chi connectivity index (χ0v) is 13.2. The molecule has 2 fully saturated rings. The van der Waals surface area contributed by atoms with Crippen LogP contribution in [-0.2, 0) is 10.0 Å². The molecule has 2 heterocycles. The Labute approximate surface area is 122 Å². The van der Waals surface area contributed by atoms with Crippen molar-refractivity contribution in [1.29, 1.82) is 0 Å². The number of nitrogens with two attached hydrogens (primary N) is 1. The van der Waals surface area contributed by atoms with Gasteiger partial charge in [0.2, 0.25) is 10.0 Å². The number of rotatable bonds is 4. The normalized spacial score (nSPS) is 33.1. The van der Waals surface area contributed by atoms with Crippen molar-refractivity contribution in [2.45, 2.75) is 26.2 Å². The molecule has 2 unspecified atom stereocenters. The van der Waals surface area contributed by atoms with E-state index in [1.54, 1.807) is 0 Å². The Bertz CT molecular complexity index is 382. The van der Waals surface area contributed by atoms with Crippen LogP contribution in [0.1, 0.15) is 26.2 Å². The molecule has 0 spiro atoms. The fourth-order valence-corrected chi connectivity index (χ4v) is 4.23. The molecule has 0 aromatic heterocycles. The first-order chi connectivity index (χ1) is 8.36. The number of sulfonamides is 1. The van der Waals surface area contributed by atoms with E-state index in [1.165, 1.54) is 6.42 Å². The highest BCUT2D eigenvalue weighted by Crippen LogP contribution is 2.28. The molecule has 2 rings (SSSR count). The lowest BCUT2D eigenvalue weighted by Gasteiger charge is -2.37. The Hall–Kier alpha value is 0.120. The number of hydrogen-bond acceptors (Lipinski definition) is 4. The molecule has 0 radical (unpaired) electrons. The topological polar surface area (TPSA) is 75.4 Å². The van der Waals surface area contributed by atoms with Gasteiger partial charge in [0.25, 0.3) is 0 Å². The average Bonchev–Trinajstić information content (AvgIpc) is 2.62. The first-order valence-electron chi connectivity index (χ1n) is 6.80. The van der Waals surface area contributed by atoms with E-state index in [0.717, 1.165) is 45.6 Å². The summed E-state index contributed by atoms with van der Waals surface area (Å²) in [6, 6.07) is 0. The highest BCUT2D eigenvalue weighted by atomic mass is 35.5. The van der Waals surface area contributed by atoms with Crippen molar-refractivity contribution in [2.75, 3.05) is 38.5 Å². The van der Waals surface area contributed by atoms with Gasteiger partial charge in [-0.2, -0.15) is 0 Å². The number of likely N-dealkylation sites (tertiary alicyclic amines) is 1. The van der Waals surface area contributed by atoms with E-state index < -0.39 is 10.0 Å². The van der Waals surface area contributed by atoms with E-state index in [1.807, 2.05) is 0 Å². The first kappa shape index (κ1) is 17.2. The number of halogens is 1. The van der Waals surface area contributed by atoms with Crippen molar-refractivity contribution in [1.82, 2.24) is 10.2 Å². The summed E-state index contributed by atoms with van der Waals surface area (Å²) in [6.07, 6.45) is 3.29. The Kier molecular flexibility index (Phi) is 6.07. The molecule has 5 nitrogen and oxygen atoms in total. The van der Waals surface area contributed by atoms with Gasteiger partial charge < -0.3 is 10.2 Å². The smallest absolute Gasteiger partial charge is 0.209 e. The summed E-state index contributed by atoms with van der Waals surface area (Å²) in [5.74, 6) is 0.352. The van der Waals surface area contributed by atoms with Crippen LogP contribution in [0.2, 0.25) is 0 Å². The minimum absolute atomic E-state index is 0. The van der Waals surface area contributed by atoms with Crippen molar-refractivity contribution in [3.05, 3.63) is 0 Å². The fraction of sp³-hybridized carbons (Fsp3) is 1.00. The summed E-state index contributed by atoms with van der Waals surface area (Å²) in [6.45, 7) is 7.54. The van der Waals surface area contributed by atoms with E-state index in [2.05, 4.69) is 17.1 Å². The molecule has 0 bridgehead atoms. The SMILES string of the molecule is CC1(CN2CCCC(CS(N)(=O)=O)C2)CCNC1.Cl. The molecule has 2 aliphatic heterocycles. The minimum atomic E-state index is -3.33. The third-order valence-corrected chi connectivity index (χ3v) is 5.07. The van der Waals surface area contributed by atoms with E-state index in [9.17, 15) is 8.42 Å². The van der Waals surface area contributed by atoms with Gasteiger partial charge in [0.05, 0.1) is 5.75 Å². The maximum Gasteiger partial charge on any atom is 0.209 e. The zero-order chi connectivity index (χ0) is 13.2. The summed E-state index contributed by atoms with van der Waals surface area (Å²) in [5, 5.41) is 8.55. The largest absolute Gasteiger partial charge is 0.316 e. The Morgan fingerprint density at radius 2 is 2.21 bits per heavy atom. The van der Waals surface area contributed by atoms with Gasteiger partial charge in [0.1, 0.15) is 0 Å². The van der Waals surface area contributed by atoms with Gasteiger partial charge in [-0.3, -0.25) is 0 Å². The zero-order valence-electron chi connectivity index (χ0n) is 11.6. The van der Waals surface area contributed by atoms with Crippen LogP contribution in [0.25, 0.3) is 0 Å². The third-order valence-electron chi connectivity index (χ3n) is 4.13. The van der Waals surface area contributed by atoms with Gasteiger partial charge in [-0.15, -0.1) is 12.4 Å². The second kappa shape index (κ2) is 6.72. The molecule has 2 saturated heterocycles. The number of nitrogens with one attached hydrogen (secondary N) is 1. The Balaban J connectivity index is 0.00000180. The molecule has 0 saturated carbocycles. The third kappa shape index (κ3) is 5.55. The quantitative estimate of drug-likeness (QED) is 0.788. The average molecular weight is 312 g/mol. The molecule has 0 amide bonds. The predicted molar refractivity (Wildman–Crippen MR) is 80.0 cm³/mol. The number of piperidine rings is 1. The summed E-state index contributed by atoms with van der Waals surface area (Å²) in [5.41, 5.74) is 0.351. The second-order valence-electron chi connectivity index (χ2n) is 6.31. The molecule has 2 atom stereocenters. The maximum atomic E-state index is 11.2. The molecule has 0 aromatic carbocycles. The predicted octanol–water partition coefficient (Wildman–Crippen LogP) is 0.408. The molecule has 0 aromatic rings. The molecule has 2 aliphatic rings. The van der Waals surface area contributed by atoms with Crippen molar-refractivity contribution in [3.8, 4) is 0 Å². The second-order valence-corrected chi connectivity index (χ2v) is 7.97. The van der Waals surface area contributed by atoms with Crippen LogP contribution in [0, 0.1) is 11.3 Å². The van der Waals surface area contributed by atoms with Crippen LogP contribution in [0.4, 0.5) is 0 Å². The van der Waals surface area contributed by atoms with E-state index in [-0.39, 0.29) is 24.1 Å². The lowest BCUT2D eigenvalue weighted by Crippen LogP contribution is -2.44. The van der Waals surface area contributed by atoms with Crippen LogP contribution in [-0.4, -0.2) is 51.8 Å². The summed E-state index contributed by atoms with van der Waals surface area (Å²) in [7, 11) is -3.33. The van der Waals surface area contributed by atoms with Crippen LogP contribution in [0.5, 0.6) is 0 Å². The lowest BCUT2D eigenvalue weighted by molar-refractivity contribution is 0.127.